The third-order valence-corrected chi connectivity index (χ3v) is 5.94. The van der Waals surface area contributed by atoms with Gasteiger partial charge in [-0.05, 0) is 63.2 Å². The summed E-state index contributed by atoms with van der Waals surface area (Å²) in [7, 11) is 0. The molecule has 0 unspecified atom stereocenters. The molecule has 3 aliphatic rings. The van der Waals surface area contributed by atoms with Gasteiger partial charge in [0.05, 0.1) is 17.5 Å². The topological polar surface area (TPSA) is 47.0 Å². The maximum absolute atomic E-state index is 6.07. The first-order valence-corrected chi connectivity index (χ1v) is 10.7. The van der Waals surface area contributed by atoms with Crippen molar-refractivity contribution in [2.75, 3.05) is 13.2 Å². The van der Waals surface area contributed by atoms with Crippen LogP contribution in [0, 0.1) is 12.8 Å². The molecule has 4 nitrogen and oxygen atoms in total. The van der Waals surface area contributed by atoms with E-state index in [1.54, 1.807) is 0 Å². The highest BCUT2D eigenvalue weighted by atomic mass is 16.5. The summed E-state index contributed by atoms with van der Waals surface area (Å²) in [6.45, 7) is 6.12. The maximum atomic E-state index is 6.07. The fourth-order valence-corrected chi connectivity index (χ4v) is 4.46. The van der Waals surface area contributed by atoms with E-state index >= 15 is 0 Å². The van der Waals surface area contributed by atoms with Gasteiger partial charge in [0.1, 0.15) is 0 Å². The van der Waals surface area contributed by atoms with Gasteiger partial charge in [0.25, 0.3) is 0 Å². The van der Waals surface area contributed by atoms with E-state index in [0.29, 0.717) is 5.92 Å². The minimum atomic E-state index is 0.243. The summed E-state index contributed by atoms with van der Waals surface area (Å²) in [6.07, 6.45) is 19.8. The minimum Gasteiger partial charge on any atom is -0.385 e. The fourth-order valence-electron chi connectivity index (χ4n) is 4.46. The zero-order valence-electron chi connectivity index (χ0n) is 17.0. The van der Waals surface area contributed by atoms with Gasteiger partial charge in [-0.15, -0.1) is 0 Å². The second-order valence-electron chi connectivity index (χ2n) is 8.17. The largest absolute Gasteiger partial charge is 0.385 e. The van der Waals surface area contributed by atoms with Gasteiger partial charge < -0.3 is 10.1 Å². The van der Waals surface area contributed by atoms with Gasteiger partial charge >= 0.3 is 0 Å². The highest BCUT2D eigenvalue weighted by Gasteiger charge is 2.40. The van der Waals surface area contributed by atoms with E-state index in [4.69, 9.17) is 4.74 Å². The van der Waals surface area contributed by atoms with Gasteiger partial charge in [-0.3, -0.25) is 0 Å². The lowest BCUT2D eigenvalue weighted by atomic mass is 9.82. The number of aryl methyl sites for hydroxylation is 2. The molecule has 2 fully saturated rings. The van der Waals surface area contributed by atoms with Crippen LogP contribution in [-0.2, 0) is 11.2 Å². The molecule has 1 saturated heterocycles. The highest BCUT2D eigenvalue weighted by molar-refractivity contribution is 5.20. The summed E-state index contributed by atoms with van der Waals surface area (Å²) in [4.78, 5) is 0. The first-order valence-electron chi connectivity index (χ1n) is 10.7. The van der Waals surface area contributed by atoms with Gasteiger partial charge in [0.2, 0.25) is 0 Å². The molecule has 148 valence electrons. The smallest absolute Gasteiger partial charge is 0.0689 e. The fraction of sp³-hybridized carbons (Fsp3) is 0.652. The van der Waals surface area contributed by atoms with Crippen LogP contribution >= 0.6 is 0 Å². The molecule has 2 aliphatic heterocycles. The lowest BCUT2D eigenvalue weighted by Gasteiger charge is -2.39. The SMILES string of the molecule is C1=CCNC([C@@H]2CCOC3(CCCC3)C2)=C1.CCCCc1cnnc(C)c1. The van der Waals surface area contributed by atoms with Crippen molar-refractivity contribution in [1.82, 2.24) is 15.5 Å². The molecule has 1 N–H and O–H groups in total. The van der Waals surface area contributed by atoms with E-state index in [-0.39, 0.29) is 5.60 Å². The van der Waals surface area contributed by atoms with Gasteiger partial charge in [0, 0.05) is 24.8 Å². The molecule has 0 aromatic carbocycles. The number of ether oxygens (including phenoxy) is 1. The zero-order valence-corrected chi connectivity index (χ0v) is 17.0. The molecule has 4 heteroatoms. The number of dihydropyridines is 1. The van der Waals surface area contributed by atoms with E-state index in [2.05, 4.69) is 46.7 Å². The van der Waals surface area contributed by atoms with Crippen LogP contribution in [0.1, 0.15) is 69.5 Å². The molecule has 1 atom stereocenters. The van der Waals surface area contributed by atoms with Gasteiger partial charge in [-0.25, -0.2) is 0 Å². The predicted molar refractivity (Wildman–Crippen MR) is 110 cm³/mol. The van der Waals surface area contributed by atoms with E-state index in [0.717, 1.165) is 25.3 Å². The molecule has 1 saturated carbocycles. The third-order valence-electron chi connectivity index (χ3n) is 5.94. The van der Waals surface area contributed by atoms with Crippen molar-refractivity contribution in [3.05, 3.63) is 47.4 Å². The normalized spacial score (nSPS) is 23.3. The maximum Gasteiger partial charge on any atom is 0.0689 e. The zero-order chi connectivity index (χ0) is 19.0. The van der Waals surface area contributed by atoms with E-state index in [9.17, 15) is 0 Å². The molecule has 27 heavy (non-hydrogen) atoms. The van der Waals surface area contributed by atoms with Crippen molar-refractivity contribution in [1.29, 1.82) is 0 Å². The molecular weight excluding hydrogens is 334 g/mol. The van der Waals surface area contributed by atoms with Crippen molar-refractivity contribution >= 4 is 0 Å². The van der Waals surface area contributed by atoms with Gasteiger partial charge in [-0.1, -0.05) is 38.3 Å². The van der Waals surface area contributed by atoms with E-state index < -0.39 is 0 Å². The second-order valence-corrected chi connectivity index (χ2v) is 8.17. The first-order chi connectivity index (χ1) is 13.2. The number of hydrogen-bond donors (Lipinski definition) is 1. The summed E-state index contributed by atoms with van der Waals surface area (Å²) < 4.78 is 6.07. The van der Waals surface area contributed by atoms with Crippen LogP contribution in [0.2, 0.25) is 0 Å². The Balaban J connectivity index is 0.000000168. The quantitative estimate of drug-likeness (QED) is 0.820. The molecule has 0 amide bonds. The molecule has 1 aromatic heterocycles. The molecule has 0 bridgehead atoms. The summed E-state index contributed by atoms with van der Waals surface area (Å²) in [5.41, 5.74) is 4.00. The van der Waals surface area contributed by atoms with Crippen LogP contribution in [0.25, 0.3) is 0 Å². The van der Waals surface area contributed by atoms with Crippen LogP contribution in [-0.4, -0.2) is 29.0 Å². The summed E-state index contributed by atoms with van der Waals surface area (Å²) >= 11 is 0. The standard InChI is InChI=1S/C14H21NO.C9H14N2/c1-4-9-15-13(5-1)12-6-10-16-14(11-12)7-2-3-8-14;1-3-4-5-9-6-8(2)11-10-7-9/h1,4-5,12,15H,2-3,6-11H2;6-7H,3-5H2,1-2H3/t12-;/m1./s1. The van der Waals surface area contributed by atoms with E-state index in [1.165, 1.54) is 62.6 Å². The van der Waals surface area contributed by atoms with E-state index in [1.807, 2.05) is 13.1 Å². The molecule has 1 aromatic rings. The lowest BCUT2D eigenvalue weighted by Crippen LogP contribution is -2.39. The average Bonchev–Trinajstić information content (AvgIpc) is 3.15. The van der Waals surface area contributed by atoms with Gasteiger partial charge in [-0.2, -0.15) is 10.2 Å². The number of rotatable bonds is 4. The number of hydrogen-bond acceptors (Lipinski definition) is 4. The Labute approximate surface area is 164 Å². The summed E-state index contributed by atoms with van der Waals surface area (Å²) in [6, 6.07) is 2.10. The number of aromatic nitrogens is 2. The number of allylic oxidation sites excluding steroid dienone is 3. The number of nitrogens with zero attached hydrogens (tertiary/aromatic N) is 2. The molecule has 0 radical (unpaired) electrons. The third kappa shape index (κ3) is 5.90. The van der Waals surface area contributed by atoms with Gasteiger partial charge in [0.15, 0.2) is 0 Å². The molecule has 1 aliphatic carbocycles. The van der Waals surface area contributed by atoms with Crippen molar-refractivity contribution in [2.24, 2.45) is 5.92 Å². The Morgan fingerprint density at radius 3 is 2.85 bits per heavy atom. The second kappa shape index (κ2) is 10.0. The van der Waals surface area contributed by atoms with Crippen LogP contribution in [0.3, 0.4) is 0 Å². The van der Waals surface area contributed by atoms with Crippen molar-refractivity contribution in [2.45, 2.75) is 77.2 Å². The number of unbranched alkanes of at least 4 members (excludes halogenated alkanes) is 1. The average molecular weight is 370 g/mol. The van der Waals surface area contributed by atoms with Crippen LogP contribution in [0.5, 0.6) is 0 Å². The van der Waals surface area contributed by atoms with Crippen molar-refractivity contribution in [3.63, 3.8) is 0 Å². The Bertz CT molecular complexity index is 647. The molecule has 3 heterocycles. The van der Waals surface area contributed by atoms with Crippen LogP contribution in [0.4, 0.5) is 0 Å². The van der Waals surface area contributed by atoms with Crippen LogP contribution in [0.15, 0.2) is 36.2 Å². The Kier molecular flexibility index (Phi) is 7.45. The minimum absolute atomic E-state index is 0.243. The first kappa shape index (κ1) is 20.1. The summed E-state index contributed by atoms with van der Waals surface area (Å²) in [5, 5.41) is 11.3. The molecule has 4 rings (SSSR count). The Morgan fingerprint density at radius 1 is 1.30 bits per heavy atom. The Hall–Kier alpha value is -1.68. The lowest BCUT2D eigenvalue weighted by molar-refractivity contribution is -0.0877. The summed E-state index contributed by atoms with van der Waals surface area (Å²) in [5.74, 6) is 0.705. The Morgan fingerprint density at radius 2 is 2.15 bits per heavy atom. The monoisotopic (exact) mass is 369 g/mol. The molecule has 1 spiro atoms. The molecular formula is C23H35N3O. The van der Waals surface area contributed by atoms with Crippen LogP contribution < -0.4 is 5.32 Å². The highest BCUT2D eigenvalue weighted by Crippen LogP contribution is 2.43. The number of nitrogens with one attached hydrogen (secondary N) is 1. The van der Waals surface area contributed by atoms with Crippen molar-refractivity contribution < 1.29 is 4.74 Å². The predicted octanol–water partition coefficient (Wildman–Crippen LogP) is 4.90. The van der Waals surface area contributed by atoms with Crippen molar-refractivity contribution in [3.8, 4) is 0 Å².